The Balaban J connectivity index is 1.84. The molecule has 0 heterocycles. The summed E-state index contributed by atoms with van der Waals surface area (Å²) in [6.07, 6.45) is 2.23. The van der Waals surface area contributed by atoms with Gasteiger partial charge in [0.25, 0.3) is 0 Å². The van der Waals surface area contributed by atoms with Crippen molar-refractivity contribution in [3.8, 4) is 0 Å². The molecule has 3 rings (SSSR count). The topological polar surface area (TPSA) is 12.0 Å². The third-order valence-corrected chi connectivity index (χ3v) is 4.49. The molecule has 1 nitrogen and oxygen atoms in total. The number of nitrogens with one attached hydrogen (secondary N) is 1. The molecule has 0 bridgehead atoms. The minimum Gasteiger partial charge on any atom is -0.310 e. The highest BCUT2D eigenvalue weighted by Crippen LogP contribution is 2.34. The number of hydrogen-bond acceptors (Lipinski definition) is 2. The van der Waals surface area contributed by atoms with Gasteiger partial charge in [-0.25, -0.2) is 13.2 Å². The quantitative estimate of drug-likeness (QED) is 0.872. The Labute approximate surface area is 125 Å². The summed E-state index contributed by atoms with van der Waals surface area (Å²) in [5, 5.41) is 3.26. The van der Waals surface area contributed by atoms with E-state index in [9.17, 15) is 13.2 Å². The summed E-state index contributed by atoms with van der Waals surface area (Å²) < 4.78 is 40.6. The summed E-state index contributed by atoms with van der Waals surface area (Å²) in [5.74, 6) is -1.56. The van der Waals surface area contributed by atoms with E-state index < -0.39 is 11.6 Å². The lowest BCUT2D eigenvalue weighted by Crippen LogP contribution is -2.16. The molecule has 1 aliphatic rings. The molecule has 21 heavy (non-hydrogen) atoms. The van der Waals surface area contributed by atoms with Gasteiger partial charge < -0.3 is 5.32 Å². The monoisotopic (exact) mass is 309 g/mol. The van der Waals surface area contributed by atoms with Gasteiger partial charge in [-0.3, -0.25) is 0 Å². The van der Waals surface area contributed by atoms with Crippen LogP contribution in [0.1, 0.15) is 18.4 Å². The van der Waals surface area contributed by atoms with E-state index >= 15 is 0 Å². The van der Waals surface area contributed by atoms with E-state index in [0.717, 1.165) is 30.7 Å². The summed E-state index contributed by atoms with van der Waals surface area (Å²) in [6, 6.07) is 8.62. The molecule has 5 heteroatoms. The molecular weight excluding hydrogens is 295 g/mol. The molecule has 0 unspecified atom stereocenters. The normalized spacial score (nSPS) is 14.4. The minimum absolute atomic E-state index is 0.287. The Morgan fingerprint density at radius 3 is 2.52 bits per heavy atom. The van der Waals surface area contributed by atoms with Crippen LogP contribution in [-0.2, 0) is 6.54 Å². The van der Waals surface area contributed by atoms with Gasteiger partial charge in [0.1, 0.15) is 17.5 Å². The Kier molecular flexibility index (Phi) is 4.22. The lowest BCUT2D eigenvalue weighted by Gasteiger charge is -2.11. The van der Waals surface area contributed by atoms with Gasteiger partial charge in [-0.2, -0.15) is 0 Å². The summed E-state index contributed by atoms with van der Waals surface area (Å²) >= 11 is 1.11. The van der Waals surface area contributed by atoms with Crippen LogP contribution < -0.4 is 5.32 Å². The van der Waals surface area contributed by atoms with Gasteiger partial charge in [-0.15, -0.1) is 0 Å². The molecule has 110 valence electrons. The first-order valence-corrected chi connectivity index (χ1v) is 7.59. The summed E-state index contributed by atoms with van der Waals surface area (Å²) in [5.41, 5.74) is 0.526. The van der Waals surface area contributed by atoms with Crippen LogP contribution in [0, 0.1) is 17.5 Å². The SMILES string of the molecule is Fc1ccc(Sc2cccc(F)c2CNC2CC2)c(F)c1. The molecule has 0 aromatic heterocycles. The second-order valence-corrected chi connectivity index (χ2v) is 6.13. The second-order valence-electron chi connectivity index (χ2n) is 5.05. The zero-order valence-electron chi connectivity index (χ0n) is 11.2. The van der Waals surface area contributed by atoms with Crippen LogP contribution in [-0.4, -0.2) is 6.04 Å². The van der Waals surface area contributed by atoms with Crippen molar-refractivity contribution in [2.24, 2.45) is 0 Å². The molecular formula is C16H14F3NS. The molecule has 2 aromatic carbocycles. The van der Waals surface area contributed by atoms with Gasteiger partial charge in [0, 0.05) is 34.0 Å². The number of halogens is 3. The number of rotatable bonds is 5. The molecule has 2 aromatic rings. The van der Waals surface area contributed by atoms with Crippen molar-refractivity contribution in [1.82, 2.24) is 5.32 Å². The fraction of sp³-hybridized carbons (Fsp3) is 0.250. The third-order valence-electron chi connectivity index (χ3n) is 3.33. The van der Waals surface area contributed by atoms with Crippen molar-refractivity contribution in [2.45, 2.75) is 35.2 Å². The van der Waals surface area contributed by atoms with E-state index in [1.807, 2.05) is 0 Å². The van der Waals surface area contributed by atoms with E-state index in [-0.39, 0.29) is 10.7 Å². The highest BCUT2D eigenvalue weighted by atomic mass is 32.2. The van der Waals surface area contributed by atoms with Crippen molar-refractivity contribution in [1.29, 1.82) is 0 Å². The predicted molar refractivity (Wildman–Crippen MR) is 76.7 cm³/mol. The zero-order valence-corrected chi connectivity index (χ0v) is 12.0. The minimum atomic E-state index is -0.634. The predicted octanol–water partition coefficient (Wildman–Crippen LogP) is 4.51. The Bertz CT molecular complexity index is 656. The Hall–Kier alpha value is -1.46. The van der Waals surface area contributed by atoms with E-state index in [1.54, 1.807) is 12.1 Å². The smallest absolute Gasteiger partial charge is 0.140 e. The van der Waals surface area contributed by atoms with Crippen LogP contribution in [0.3, 0.4) is 0 Å². The molecule has 0 aliphatic heterocycles. The summed E-state index contributed by atoms with van der Waals surface area (Å²) in [6.45, 7) is 0.419. The maximum atomic E-state index is 14.0. The largest absolute Gasteiger partial charge is 0.310 e. The standard InChI is InChI=1S/C16H14F3NS/c17-10-4-7-16(14(19)8-10)21-15-3-1-2-13(18)12(15)9-20-11-5-6-11/h1-4,7-8,11,20H,5-6,9H2. The van der Waals surface area contributed by atoms with Crippen LogP contribution in [0.2, 0.25) is 0 Å². The van der Waals surface area contributed by atoms with Crippen molar-refractivity contribution in [2.75, 3.05) is 0 Å². The van der Waals surface area contributed by atoms with E-state index in [1.165, 1.54) is 18.2 Å². The van der Waals surface area contributed by atoms with Gasteiger partial charge in [-0.1, -0.05) is 17.8 Å². The van der Waals surface area contributed by atoms with E-state index in [2.05, 4.69) is 5.32 Å². The first kappa shape index (κ1) is 14.5. The summed E-state index contributed by atoms with van der Waals surface area (Å²) in [7, 11) is 0. The highest BCUT2D eigenvalue weighted by Gasteiger charge is 2.21. The van der Waals surface area contributed by atoms with Crippen molar-refractivity contribution in [3.63, 3.8) is 0 Å². The molecule has 1 N–H and O–H groups in total. The fourth-order valence-corrected chi connectivity index (χ4v) is 2.99. The van der Waals surface area contributed by atoms with Gasteiger partial charge in [0.05, 0.1) is 0 Å². The molecule has 0 atom stereocenters. The lowest BCUT2D eigenvalue weighted by atomic mass is 10.2. The van der Waals surface area contributed by atoms with Crippen LogP contribution in [0.4, 0.5) is 13.2 Å². The summed E-state index contributed by atoms with van der Waals surface area (Å²) in [4.78, 5) is 0.934. The van der Waals surface area contributed by atoms with Gasteiger partial charge in [-0.05, 0) is 37.1 Å². The van der Waals surface area contributed by atoms with Crippen LogP contribution in [0.25, 0.3) is 0 Å². The average Bonchev–Trinajstić information content (AvgIpc) is 3.25. The fourth-order valence-electron chi connectivity index (χ4n) is 2.02. The maximum Gasteiger partial charge on any atom is 0.140 e. The first-order chi connectivity index (χ1) is 10.1. The molecule has 1 fully saturated rings. The lowest BCUT2D eigenvalue weighted by molar-refractivity contribution is 0.565. The third kappa shape index (κ3) is 3.60. The number of benzene rings is 2. The Morgan fingerprint density at radius 2 is 1.81 bits per heavy atom. The average molecular weight is 309 g/mol. The number of hydrogen-bond donors (Lipinski definition) is 1. The molecule has 1 aliphatic carbocycles. The zero-order chi connectivity index (χ0) is 14.8. The maximum absolute atomic E-state index is 14.0. The van der Waals surface area contributed by atoms with Crippen molar-refractivity contribution in [3.05, 3.63) is 59.4 Å². The Morgan fingerprint density at radius 1 is 1.00 bits per heavy atom. The first-order valence-electron chi connectivity index (χ1n) is 6.77. The molecule has 0 amide bonds. The van der Waals surface area contributed by atoms with Gasteiger partial charge in [0.2, 0.25) is 0 Å². The van der Waals surface area contributed by atoms with Crippen LogP contribution in [0.5, 0.6) is 0 Å². The van der Waals surface area contributed by atoms with E-state index in [4.69, 9.17) is 0 Å². The van der Waals surface area contributed by atoms with Crippen LogP contribution >= 0.6 is 11.8 Å². The molecule has 0 radical (unpaired) electrons. The van der Waals surface area contributed by atoms with Crippen molar-refractivity contribution < 1.29 is 13.2 Å². The second kappa shape index (κ2) is 6.12. The molecule has 1 saturated carbocycles. The van der Waals surface area contributed by atoms with Crippen LogP contribution in [0.15, 0.2) is 46.2 Å². The van der Waals surface area contributed by atoms with E-state index in [0.29, 0.717) is 23.0 Å². The molecule has 0 spiro atoms. The van der Waals surface area contributed by atoms with Gasteiger partial charge in [0.15, 0.2) is 0 Å². The molecule has 0 saturated heterocycles. The highest BCUT2D eigenvalue weighted by molar-refractivity contribution is 7.99. The van der Waals surface area contributed by atoms with Crippen molar-refractivity contribution >= 4 is 11.8 Å². The van der Waals surface area contributed by atoms with Gasteiger partial charge >= 0.3 is 0 Å².